The summed E-state index contributed by atoms with van der Waals surface area (Å²) >= 11 is 5.82. The van der Waals surface area contributed by atoms with Gasteiger partial charge in [0.2, 0.25) is 0 Å². The van der Waals surface area contributed by atoms with E-state index in [1.807, 2.05) is 26.0 Å². The summed E-state index contributed by atoms with van der Waals surface area (Å²) in [5.41, 5.74) is 0.951. The minimum Gasteiger partial charge on any atom is -0.455 e. The first-order chi connectivity index (χ1) is 10.4. The number of benzene rings is 1. The predicted molar refractivity (Wildman–Crippen MR) is 88.3 cm³/mol. The van der Waals surface area contributed by atoms with E-state index in [0.717, 1.165) is 5.56 Å². The molecule has 1 aromatic carbocycles. The Kier molecular flexibility index (Phi) is 5.80. The van der Waals surface area contributed by atoms with Gasteiger partial charge in [-0.1, -0.05) is 23.7 Å². The Morgan fingerprint density at radius 2 is 1.86 bits per heavy atom. The summed E-state index contributed by atoms with van der Waals surface area (Å²) in [6.07, 6.45) is 0. The van der Waals surface area contributed by atoms with Gasteiger partial charge in [0.15, 0.2) is 5.76 Å². The van der Waals surface area contributed by atoms with Crippen molar-refractivity contribution in [3.8, 4) is 0 Å². The lowest BCUT2D eigenvalue weighted by atomic mass is 10.2. The van der Waals surface area contributed by atoms with Crippen molar-refractivity contribution >= 4 is 28.3 Å². The fourth-order valence-corrected chi connectivity index (χ4v) is 3.15. The lowest BCUT2D eigenvalue weighted by Crippen LogP contribution is -2.29. The number of halogens is 1. The van der Waals surface area contributed by atoms with Crippen LogP contribution in [-0.4, -0.2) is 16.2 Å². The smallest absolute Gasteiger partial charge is 0.287 e. The van der Waals surface area contributed by atoms with Crippen LogP contribution in [0.1, 0.15) is 35.7 Å². The van der Waals surface area contributed by atoms with Crippen LogP contribution in [0.25, 0.3) is 0 Å². The Balaban J connectivity index is 1.93. The highest BCUT2D eigenvalue weighted by molar-refractivity contribution is 7.83. The summed E-state index contributed by atoms with van der Waals surface area (Å²) in [4.78, 5) is 11.8. The molecule has 1 atom stereocenters. The van der Waals surface area contributed by atoms with Gasteiger partial charge in [0.1, 0.15) is 5.76 Å². The number of hydrogen-bond donors (Lipinski definition) is 1. The van der Waals surface area contributed by atoms with Gasteiger partial charge in [0.05, 0.1) is 5.75 Å². The molecule has 0 spiro atoms. The molecular formula is C16H18ClNO3S. The maximum Gasteiger partial charge on any atom is 0.287 e. The highest BCUT2D eigenvalue weighted by Gasteiger charge is 2.13. The van der Waals surface area contributed by atoms with Crippen molar-refractivity contribution < 1.29 is 13.4 Å². The summed E-state index contributed by atoms with van der Waals surface area (Å²) in [6, 6.07) is 10.6. The number of carbonyl (C=O) groups excluding carboxylic acids is 1. The van der Waals surface area contributed by atoms with Crippen molar-refractivity contribution in [2.45, 2.75) is 31.4 Å². The minimum absolute atomic E-state index is 0.0417. The van der Waals surface area contributed by atoms with Crippen molar-refractivity contribution in [3.05, 3.63) is 58.5 Å². The van der Waals surface area contributed by atoms with E-state index in [-0.39, 0.29) is 23.5 Å². The normalized spacial score (nSPS) is 12.4. The second kappa shape index (κ2) is 7.61. The fourth-order valence-electron chi connectivity index (χ4n) is 1.89. The van der Waals surface area contributed by atoms with Crippen LogP contribution in [-0.2, 0) is 22.3 Å². The molecule has 0 bridgehead atoms. The standard InChI is InChI=1S/C16H18ClNO3S/c1-11(2)18-16(19)15-8-7-14(21-15)10-22(20)9-12-3-5-13(17)6-4-12/h3-8,11H,9-10H2,1-2H3,(H,18,19)/t22-/m0/s1. The minimum atomic E-state index is -1.11. The van der Waals surface area contributed by atoms with Crippen molar-refractivity contribution in [2.24, 2.45) is 0 Å². The Morgan fingerprint density at radius 1 is 1.18 bits per heavy atom. The predicted octanol–water partition coefficient (Wildman–Crippen LogP) is 3.52. The summed E-state index contributed by atoms with van der Waals surface area (Å²) in [5, 5.41) is 3.40. The van der Waals surface area contributed by atoms with Gasteiger partial charge in [-0.3, -0.25) is 9.00 Å². The third-order valence-corrected chi connectivity index (χ3v) is 4.36. The Labute approximate surface area is 137 Å². The first kappa shape index (κ1) is 16.8. The number of nitrogens with one attached hydrogen (secondary N) is 1. The molecule has 0 radical (unpaired) electrons. The van der Waals surface area contributed by atoms with E-state index in [0.29, 0.717) is 16.5 Å². The lowest BCUT2D eigenvalue weighted by Gasteiger charge is -2.05. The van der Waals surface area contributed by atoms with E-state index in [1.54, 1.807) is 24.3 Å². The molecule has 1 amide bonds. The second-order valence-electron chi connectivity index (χ2n) is 5.25. The third kappa shape index (κ3) is 5.00. The lowest BCUT2D eigenvalue weighted by molar-refractivity contribution is 0.0913. The average Bonchev–Trinajstić information content (AvgIpc) is 2.89. The fraction of sp³-hybridized carbons (Fsp3) is 0.312. The highest BCUT2D eigenvalue weighted by Crippen LogP contribution is 2.15. The van der Waals surface area contributed by atoms with Gasteiger partial charge >= 0.3 is 0 Å². The van der Waals surface area contributed by atoms with Crippen LogP contribution < -0.4 is 5.32 Å². The number of carbonyl (C=O) groups is 1. The average molecular weight is 340 g/mol. The molecule has 6 heteroatoms. The monoisotopic (exact) mass is 339 g/mol. The molecule has 0 aliphatic carbocycles. The van der Waals surface area contributed by atoms with Crippen LogP contribution in [0, 0.1) is 0 Å². The topological polar surface area (TPSA) is 59.3 Å². The molecule has 0 saturated carbocycles. The number of rotatable bonds is 6. The molecular weight excluding hydrogens is 322 g/mol. The van der Waals surface area contributed by atoms with Gasteiger partial charge in [-0.25, -0.2) is 0 Å². The maximum atomic E-state index is 12.1. The summed E-state index contributed by atoms with van der Waals surface area (Å²) in [5.74, 6) is 1.22. The quantitative estimate of drug-likeness (QED) is 0.876. The SMILES string of the molecule is CC(C)NC(=O)c1ccc(C[S@@](=O)Cc2ccc(Cl)cc2)o1. The molecule has 0 unspecified atom stereocenters. The largest absolute Gasteiger partial charge is 0.455 e. The molecule has 0 aliphatic rings. The molecule has 1 N–H and O–H groups in total. The third-order valence-electron chi connectivity index (χ3n) is 2.85. The van der Waals surface area contributed by atoms with Gasteiger partial charge in [-0.15, -0.1) is 0 Å². The van der Waals surface area contributed by atoms with Crippen molar-refractivity contribution in [2.75, 3.05) is 0 Å². The van der Waals surface area contributed by atoms with Crippen LogP contribution in [0.5, 0.6) is 0 Å². The molecule has 4 nitrogen and oxygen atoms in total. The first-order valence-corrected chi connectivity index (χ1v) is 8.79. The zero-order chi connectivity index (χ0) is 16.1. The molecule has 2 rings (SSSR count). The van der Waals surface area contributed by atoms with E-state index in [1.165, 1.54) is 0 Å². The van der Waals surface area contributed by atoms with Crippen LogP contribution >= 0.6 is 11.6 Å². The van der Waals surface area contributed by atoms with Crippen molar-refractivity contribution in [1.29, 1.82) is 0 Å². The maximum absolute atomic E-state index is 12.1. The van der Waals surface area contributed by atoms with Gasteiger partial charge in [-0.05, 0) is 43.7 Å². The molecule has 1 aromatic heterocycles. The zero-order valence-corrected chi connectivity index (χ0v) is 14.0. The molecule has 2 aromatic rings. The Bertz CT molecular complexity index is 664. The zero-order valence-electron chi connectivity index (χ0n) is 12.5. The van der Waals surface area contributed by atoms with Gasteiger partial charge < -0.3 is 9.73 Å². The van der Waals surface area contributed by atoms with E-state index in [2.05, 4.69) is 5.32 Å². The highest BCUT2D eigenvalue weighted by atomic mass is 35.5. The molecule has 1 heterocycles. The van der Waals surface area contributed by atoms with Crippen molar-refractivity contribution in [3.63, 3.8) is 0 Å². The molecule has 0 fully saturated rings. The number of amides is 1. The molecule has 0 aliphatic heterocycles. The molecule has 118 valence electrons. The Morgan fingerprint density at radius 3 is 2.50 bits per heavy atom. The van der Waals surface area contributed by atoms with E-state index in [4.69, 9.17) is 16.0 Å². The van der Waals surface area contributed by atoms with E-state index >= 15 is 0 Å². The van der Waals surface area contributed by atoms with Gasteiger partial charge in [0.25, 0.3) is 5.91 Å². The summed E-state index contributed by atoms with van der Waals surface area (Å²) < 4.78 is 17.6. The first-order valence-electron chi connectivity index (χ1n) is 6.93. The van der Waals surface area contributed by atoms with Gasteiger partial charge in [0, 0.05) is 27.6 Å². The Hall–Kier alpha value is -1.59. The van der Waals surface area contributed by atoms with E-state index in [9.17, 15) is 9.00 Å². The van der Waals surface area contributed by atoms with Crippen LogP contribution in [0.3, 0.4) is 0 Å². The second-order valence-corrected chi connectivity index (χ2v) is 7.14. The summed E-state index contributed by atoms with van der Waals surface area (Å²) in [7, 11) is -1.11. The number of furan rings is 1. The van der Waals surface area contributed by atoms with E-state index < -0.39 is 10.8 Å². The van der Waals surface area contributed by atoms with Crippen molar-refractivity contribution in [1.82, 2.24) is 5.32 Å². The number of hydrogen-bond acceptors (Lipinski definition) is 3. The van der Waals surface area contributed by atoms with Gasteiger partial charge in [-0.2, -0.15) is 0 Å². The molecule has 0 saturated heterocycles. The van der Waals surface area contributed by atoms with Crippen LogP contribution in [0.15, 0.2) is 40.8 Å². The molecule has 22 heavy (non-hydrogen) atoms. The summed E-state index contributed by atoms with van der Waals surface area (Å²) in [6.45, 7) is 3.76. The van der Waals surface area contributed by atoms with Crippen LogP contribution in [0.4, 0.5) is 0 Å². The van der Waals surface area contributed by atoms with Crippen LogP contribution in [0.2, 0.25) is 5.02 Å².